The number of thioether (sulfide) groups is 1. The third kappa shape index (κ3) is 5.52. The van der Waals surface area contributed by atoms with Crippen LogP contribution in [0.2, 0.25) is 0 Å². The first-order chi connectivity index (χ1) is 12.6. The van der Waals surface area contributed by atoms with Gasteiger partial charge in [-0.2, -0.15) is 11.8 Å². The lowest BCUT2D eigenvalue weighted by Gasteiger charge is -2.43. The molecule has 1 atom stereocenters. The molecule has 0 aromatic carbocycles. The smallest absolute Gasteiger partial charge is 0.243 e. The molecule has 6 nitrogen and oxygen atoms in total. The van der Waals surface area contributed by atoms with Crippen LogP contribution < -0.4 is 10.6 Å². The van der Waals surface area contributed by atoms with Crippen molar-refractivity contribution in [3.8, 4) is 0 Å². The summed E-state index contributed by atoms with van der Waals surface area (Å²) in [5.74, 6) is 3.24. The zero-order valence-corrected chi connectivity index (χ0v) is 17.1. The highest BCUT2D eigenvalue weighted by Gasteiger charge is 2.39. The van der Waals surface area contributed by atoms with Crippen LogP contribution in [-0.2, 0) is 9.53 Å². The number of aliphatic imine (C=N–C) groups is 1. The van der Waals surface area contributed by atoms with Crippen molar-refractivity contribution in [3.63, 3.8) is 0 Å². The molecule has 0 bridgehead atoms. The molecule has 26 heavy (non-hydrogen) atoms. The van der Waals surface area contributed by atoms with Gasteiger partial charge < -0.3 is 20.3 Å². The van der Waals surface area contributed by atoms with E-state index in [1.54, 1.807) is 19.0 Å². The average molecular weight is 383 g/mol. The first-order valence-electron chi connectivity index (χ1n) is 10.1. The Morgan fingerprint density at radius 1 is 1.15 bits per heavy atom. The molecule has 3 aliphatic rings. The lowest BCUT2D eigenvalue weighted by molar-refractivity contribution is -0.127. The predicted molar refractivity (Wildman–Crippen MR) is 108 cm³/mol. The zero-order valence-electron chi connectivity index (χ0n) is 16.3. The number of carbonyl (C=O) groups is 1. The van der Waals surface area contributed by atoms with Crippen LogP contribution in [0.1, 0.15) is 51.4 Å². The molecule has 3 fully saturated rings. The van der Waals surface area contributed by atoms with Gasteiger partial charge in [-0.3, -0.25) is 4.79 Å². The van der Waals surface area contributed by atoms with E-state index in [1.807, 2.05) is 11.8 Å². The number of nitrogens with one attached hydrogen (secondary N) is 2. The molecule has 2 N–H and O–H groups in total. The van der Waals surface area contributed by atoms with E-state index in [0.717, 1.165) is 38.2 Å². The van der Waals surface area contributed by atoms with Crippen LogP contribution in [0.25, 0.3) is 0 Å². The van der Waals surface area contributed by atoms with Gasteiger partial charge in [0.05, 0.1) is 5.60 Å². The maximum atomic E-state index is 12.0. The fourth-order valence-electron chi connectivity index (χ4n) is 4.12. The number of carbonyl (C=O) groups excluding carboxylic acids is 1. The molecule has 3 rings (SSSR count). The van der Waals surface area contributed by atoms with Gasteiger partial charge in [0.2, 0.25) is 5.91 Å². The molecule has 2 saturated heterocycles. The Kier molecular flexibility index (Phi) is 7.09. The maximum Gasteiger partial charge on any atom is 0.243 e. The van der Waals surface area contributed by atoms with Gasteiger partial charge in [0.25, 0.3) is 0 Å². The summed E-state index contributed by atoms with van der Waals surface area (Å²) >= 11 is 2.03. The SMILES string of the molecule is CN(C)C(=O)CN=C(NC1CCCC1)NC1CCOC2(CCSCC2)C1. The van der Waals surface area contributed by atoms with E-state index in [-0.39, 0.29) is 18.1 Å². The zero-order chi connectivity index (χ0) is 18.4. The van der Waals surface area contributed by atoms with E-state index in [0.29, 0.717) is 12.1 Å². The van der Waals surface area contributed by atoms with Gasteiger partial charge in [0.15, 0.2) is 5.96 Å². The van der Waals surface area contributed by atoms with Crippen molar-refractivity contribution in [2.45, 2.75) is 69.1 Å². The molecule has 1 saturated carbocycles. The Hall–Kier alpha value is -0.950. The molecule has 1 amide bonds. The molecular formula is C19H34N4O2S. The minimum atomic E-state index is 0.0327. The summed E-state index contributed by atoms with van der Waals surface area (Å²) in [6.07, 6.45) is 9.28. The van der Waals surface area contributed by atoms with Gasteiger partial charge in [0, 0.05) is 32.8 Å². The lowest BCUT2D eigenvalue weighted by atomic mass is 9.85. The number of hydrogen-bond donors (Lipinski definition) is 2. The van der Waals surface area contributed by atoms with Gasteiger partial charge in [0.1, 0.15) is 6.54 Å². The van der Waals surface area contributed by atoms with Crippen LogP contribution >= 0.6 is 11.8 Å². The third-order valence-electron chi connectivity index (χ3n) is 5.81. The van der Waals surface area contributed by atoms with Crippen molar-refractivity contribution in [1.29, 1.82) is 0 Å². The molecule has 1 unspecified atom stereocenters. The number of guanidine groups is 1. The Morgan fingerprint density at radius 2 is 1.85 bits per heavy atom. The van der Waals surface area contributed by atoms with E-state index in [9.17, 15) is 4.79 Å². The van der Waals surface area contributed by atoms with Crippen molar-refractivity contribution in [2.75, 3.05) is 38.8 Å². The molecule has 0 radical (unpaired) electrons. The van der Waals surface area contributed by atoms with Crippen LogP contribution in [0.15, 0.2) is 4.99 Å². The topological polar surface area (TPSA) is 66.0 Å². The van der Waals surface area contributed by atoms with Crippen LogP contribution in [0.5, 0.6) is 0 Å². The Labute approximate surface area is 161 Å². The van der Waals surface area contributed by atoms with E-state index < -0.39 is 0 Å². The molecule has 0 aromatic heterocycles. The standard InChI is InChI=1S/C19H34N4O2S/c1-23(2)17(24)14-20-18(21-15-5-3-4-6-15)22-16-7-10-25-19(13-16)8-11-26-12-9-19/h15-16H,3-14H2,1-2H3,(H2,20,21,22). The fraction of sp³-hybridized carbons (Fsp3) is 0.895. The second kappa shape index (κ2) is 9.31. The molecule has 2 aliphatic heterocycles. The van der Waals surface area contributed by atoms with Crippen molar-refractivity contribution >= 4 is 23.6 Å². The summed E-state index contributed by atoms with van der Waals surface area (Å²) in [6, 6.07) is 0.851. The average Bonchev–Trinajstić information content (AvgIpc) is 3.13. The summed E-state index contributed by atoms with van der Waals surface area (Å²) in [5, 5.41) is 7.20. The second-order valence-corrected chi connectivity index (χ2v) is 9.28. The summed E-state index contributed by atoms with van der Waals surface area (Å²) in [6.45, 7) is 1.01. The number of ether oxygens (including phenoxy) is 1. The van der Waals surface area contributed by atoms with E-state index in [2.05, 4.69) is 15.6 Å². The first kappa shape index (κ1) is 19.8. The third-order valence-corrected chi connectivity index (χ3v) is 6.79. The van der Waals surface area contributed by atoms with Crippen molar-refractivity contribution in [1.82, 2.24) is 15.5 Å². The molecule has 7 heteroatoms. The molecular weight excluding hydrogens is 348 g/mol. The van der Waals surface area contributed by atoms with E-state index in [1.165, 1.54) is 37.2 Å². The minimum absolute atomic E-state index is 0.0327. The quantitative estimate of drug-likeness (QED) is 0.575. The van der Waals surface area contributed by atoms with Gasteiger partial charge in [-0.25, -0.2) is 4.99 Å². The summed E-state index contributed by atoms with van der Waals surface area (Å²) in [7, 11) is 3.55. The molecule has 1 aliphatic carbocycles. The normalized spacial score (nSPS) is 26.7. The Balaban J connectivity index is 1.61. The van der Waals surface area contributed by atoms with Crippen LogP contribution in [0, 0.1) is 0 Å². The largest absolute Gasteiger partial charge is 0.375 e. The lowest BCUT2D eigenvalue weighted by Crippen LogP contribution is -2.53. The van der Waals surface area contributed by atoms with Crippen molar-refractivity contribution in [3.05, 3.63) is 0 Å². The monoisotopic (exact) mass is 382 g/mol. The number of hydrogen-bond acceptors (Lipinski definition) is 4. The fourth-order valence-corrected chi connectivity index (χ4v) is 5.36. The van der Waals surface area contributed by atoms with Crippen LogP contribution in [0.4, 0.5) is 0 Å². The molecule has 2 heterocycles. The van der Waals surface area contributed by atoms with Gasteiger partial charge in [-0.1, -0.05) is 12.8 Å². The summed E-state index contributed by atoms with van der Waals surface area (Å²) in [4.78, 5) is 18.2. The highest BCUT2D eigenvalue weighted by Crippen LogP contribution is 2.37. The highest BCUT2D eigenvalue weighted by atomic mass is 32.2. The Bertz CT molecular complexity index is 494. The van der Waals surface area contributed by atoms with Crippen molar-refractivity contribution < 1.29 is 9.53 Å². The van der Waals surface area contributed by atoms with Gasteiger partial charge in [-0.15, -0.1) is 0 Å². The van der Waals surface area contributed by atoms with E-state index in [4.69, 9.17) is 4.74 Å². The number of nitrogens with zero attached hydrogens (tertiary/aromatic N) is 2. The molecule has 1 spiro atoms. The summed E-state index contributed by atoms with van der Waals surface area (Å²) < 4.78 is 6.21. The predicted octanol–water partition coefficient (Wildman–Crippen LogP) is 2.00. The van der Waals surface area contributed by atoms with E-state index >= 15 is 0 Å². The van der Waals surface area contributed by atoms with Gasteiger partial charge >= 0.3 is 0 Å². The van der Waals surface area contributed by atoms with Gasteiger partial charge in [-0.05, 0) is 50.0 Å². The number of amides is 1. The first-order valence-corrected chi connectivity index (χ1v) is 11.2. The molecule has 0 aromatic rings. The molecule has 148 valence electrons. The number of rotatable bonds is 4. The second-order valence-electron chi connectivity index (χ2n) is 8.06. The summed E-state index contributed by atoms with van der Waals surface area (Å²) in [5.41, 5.74) is 0.0547. The highest BCUT2D eigenvalue weighted by molar-refractivity contribution is 7.99. The van der Waals surface area contributed by atoms with Crippen molar-refractivity contribution in [2.24, 2.45) is 4.99 Å². The van der Waals surface area contributed by atoms with Crippen LogP contribution in [0.3, 0.4) is 0 Å². The maximum absolute atomic E-state index is 12.0. The van der Waals surface area contributed by atoms with Crippen LogP contribution in [-0.4, -0.2) is 73.2 Å². The minimum Gasteiger partial charge on any atom is -0.375 e. The Morgan fingerprint density at radius 3 is 2.54 bits per heavy atom. The number of likely N-dealkylation sites (N-methyl/N-ethyl adjacent to an activating group) is 1.